The van der Waals surface area contributed by atoms with Gasteiger partial charge < -0.3 is 14.0 Å². The minimum absolute atomic E-state index is 0.174. The van der Waals surface area contributed by atoms with Crippen molar-refractivity contribution in [2.75, 3.05) is 18.8 Å². The predicted molar refractivity (Wildman–Crippen MR) is 130 cm³/mol. The van der Waals surface area contributed by atoms with E-state index in [0.717, 1.165) is 45.1 Å². The molecule has 7 heteroatoms. The van der Waals surface area contributed by atoms with Gasteiger partial charge in [0.15, 0.2) is 16.3 Å². The third-order valence-electron chi connectivity index (χ3n) is 5.41. The maximum Gasteiger partial charge on any atom is 0.260 e. The molecule has 0 N–H and O–H groups in total. The predicted octanol–water partition coefficient (Wildman–Crippen LogP) is 5.05. The van der Waals surface area contributed by atoms with Crippen molar-refractivity contribution in [1.82, 2.24) is 4.57 Å². The molecule has 0 atom stereocenters. The molecule has 32 heavy (non-hydrogen) atoms. The molecule has 3 aromatic carbocycles. The van der Waals surface area contributed by atoms with Crippen LogP contribution in [-0.4, -0.2) is 29.3 Å². The average molecular weight is 463 g/mol. The van der Waals surface area contributed by atoms with E-state index in [1.54, 1.807) is 11.8 Å². The molecule has 0 spiro atoms. The van der Waals surface area contributed by atoms with Gasteiger partial charge in [-0.2, -0.15) is 16.8 Å². The molecule has 0 radical (unpaired) electrons. The molecule has 0 saturated carbocycles. The Hall–Kier alpha value is -3.03. The first kappa shape index (κ1) is 20.8. The minimum Gasteiger partial charge on any atom is -0.454 e. The fourth-order valence-electron chi connectivity index (χ4n) is 3.87. The molecule has 0 bridgehead atoms. The molecule has 162 valence electrons. The van der Waals surface area contributed by atoms with Crippen LogP contribution < -0.4 is 14.3 Å². The summed E-state index contributed by atoms with van der Waals surface area (Å²) in [4.78, 5) is 18.9. The fourth-order valence-corrected chi connectivity index (χ4v) is 5.31. The summed E-state index contributed by atoms with van der Waals surface area (Å²) in [6, 6.07) is 23.6. The second-order valence-corrected chi connectivity index (χ2v) is 9.40. The monoisotopic (exact) mass is 462 g/mol. The molecule has 0 unspecified atom stereocenters. The number of aryl methyl sites for hydroxylation is 1. The Labute approximate surface area is 194 Å². The van der Waals surface area contributed by atoms with Crippen molar-refractivity contribution >= 4 is 39.2 Å². The third-order valence-corrected chi connectivity index (χ3v) is 7.05. The molecule has 1 aliphatic heterocycles. The van der Waals surface area contributed by atoms with E-state index in [1.807, 2.05) is 72.8 Å². The highest BCUT2D eigenvalue weighted by molar-refractivity contribution is 7.98. The number of hydrogen-bond acceptors (Lipinski definition) is 5. The van der Waals surface area contributed by atoms with Crippen molar-refractivity contribution in [3.8, 4) is 11.5 Å². The van der Waals surface area contributed by atoms with E-state index in [9.17, 15) is 4.79 Å². The molecule has 1 amide bonds. The van der Waals surface area contributed by atoms with E-state index in [1.165, 1.54) is 11.3 Å². The van der Waals surface area contributed by atoms with Crippen molar-refractivity contribution in [1.29, 1.82) is 0 Å². The Bertz CT molecular complexity index is 1270. The van der Waals surface area contributed by atoms with Crippen LogP contribution in [0.2, 0.25) is 0 Å². The van der Waals surface area contributed by atoms with Gasteiger partial charge in [-0.3, -0.25) is 4.79 Å². The molecular formula is C25H22N2O3S2. The van der Waals surface area contributed by atoms with Gasteiger partial charge in [-0.15, -0.1) is 0 Å². The summed E-state index contributed by atoms with van der Waals surface area (Å²) in [5, 5.41) is 0. The van der Waals surface area contributed by atoms with Crippen molar-refractivity contribution in [2.24, 2.45) is 4.99 Å². The number of ether oxygens (including phenoxy) is 2. The lowest BCUT2D eigenvalue weighted by Crippen LogP contribution is -2.21. The molecule has 5 nitrogen and oxygen atoms in total. The van der Waals surface area contributed by atoms with Crippen LogP contribution in [0.3, 0.4) is 0 Å². The molecule has 1 aromatic heterocycles. The lowest BCUT2D eigenvalue weighted by atomic mass is 9.91. The number of thiazole rings is 1. The third kappa shape index (κ3) is 4.06. The molecule has 2 heterocycles. The highest BCUT2D eigenvalue weighted by atomic mass is 32.2. The summed E-state index contributed by atoms with van der Waals surface area (Å²) in [5.74, 6) is 1.76. The Balaban J connectivity index is 1.63. The van der Waals surface area contributed by atoms with Crippen LogP contribution >= 0.6 is 23.1 Å². The summed E-state index contributed by atoms with van der Waals surface area (Å²) >= 11 is 3.27. The summed E-state index contributed by atoms with van der Waals surface area (Å²) in [5.41, 5.74) is 2.88. The van der Waals surface area contributed by atoms with Gasteiger partial charge in [-0.05, 0) is 17.4 Å². The maximum absolute atomic E-state index is 13.6. The SMILES string of the molecule is CSCCn1c(=NC(=O)C(c2ccccc2)c2ccccc2)sc2cc3c(cc21)OCO3. The summed E-state index contributed by atoms with van der Waals surface area (Å²) < 4.78 is 14.3. The van der Waals surface area contributed by atoms with E-state index < -0.39 is 5.92 Å². The van der Waals surface area contributed by atoms with Crippen LogP contribution in [0.4, 0.5) is 0 Å². The number of fused-ring (bicyclic) bond motifs is 2. The highest BCUT2D eigenvalue weighted by Gasteiger charge is 2.23. The standard InChI is InChI=1S/C25H22N2O3S2/c1-31-13-12-27-19-14-20-21(30-16-29-20)15-22(19)32-25(27)26-24(28)23(17-8-4-2-5-9-17)18-10-6-3-7-11-18/h2-11,14-15,23H,12-13,16H2,1H3. The topological polar surface area (TPSA) is 52.8 Å². The number of nitrogens with zero attached hydrogens (tertiary/aromatic N) is 2. The number of carbonyl (C=O) groups is 1. The maximum atomic E-state index is 13.6. The van der Waals surface area contributed by atoms with Crippen LogP contribution in [-0.2, 0) is 11.3 Å². The Morgan fingerprint density at radius 1 is 1.03 bits per heavy atom. The molecule has 0 saturated heterocycles. The second kappa shape index (κ2) is 9.22. The van der Waals surface area contributed by atoms with E-state index in [4.69, 9.17) is 9.47 Å². The van der Waals surface area contributed by atoms with Crippen molar-refractivity contribution in [3.63, 3.8) is 0 Å². The van der Waals surface area contributed by atoms with Gasteiger partial charge in [0.05, 0.1) is 16.1 Å². The average Bonchev–Trinajstić information content (AvgIpc) is 3.41. The molecular weight excluding hydrogens is 440 g/mol. The van der Waals surface area contributed by atoms with Gasteiger partial charge in [0.2, 0.25) is 6.79 Å². The summed E-state index contributed by atoms with van der Waals surface area (Å²) in [7, 11) is 0. The van der Waals surface area contributed by atoms with E-state index in [0.29, 0.717) is 4.80 Å². The smallest absolute Gasteiger partial charge is 0.260 e. The summed E-state index contributed by atoms with van der Waals surface area (Å²) in [6.45, 7) is 0.997. The van der Waals surface area contributed by atoms with Gasteiger partial charge in [-0.25, -0.2) is 0 Å². The Morgan fingerprint density at radius 3 is 2.28 bits per heavy atom. The van der Waals surface area contributed by atoms with Gasteiger partial charge >= 0.3 is 0 Å². The minimum atomic E-state index is -0.451. The van der Waals surface area contributed by atoms with Gasteiger partial charge in [-0.1, -0.05) is 72.0 Å². The van der Waals surface area contributed by atoms with Crippen LogP contribution in [0.5, 0.6) is 11.5 Å². The lowest BCUT2D eigenvalue weighted by molar-refractivity contribution is -0.118. The number of carbonyl (C=O) groups excluding carboxylic acids is 1. The van der Waals surface area contributed by atoms with E-state index in [-0.39, 0.29) is 12.7 Å². The number of amides is 1. The second-order valence-electron chi connectivity index (χ2n) is 7.41. The number of benzene rings is 3. The normalized spacial score (nSPS) is 13.2. The number of rotatable bonds is 6. The van der Waals surface area contributed by atoms with Crippen molar-refractivity contribution in [2.45, 2.75) is 12.5 Å². The number of hydrogen-bond donors (Lipinski definition) is 0. The van der Waals surface area contributed by atoms with E-state index in [2.05, 4.69) is 15.8 Å². The molecule has 0 aliphatic carbocycles. The zero-order chi connectivity index (χ0) is 21.9. The first-order chi connectivity index (χ1) is 15.7. The van der Waals surface area contributed by atoms with Gasteiger partial charge in [0.25, 0.3) is 5.91 Å². The van der Waals surface area contributed by atoms with Crippen LogP contribution in [0, 0.1) is 0 Å². The Kier molecular flexibility index (Phi) is 6.01. The zero-order valence-corrected chi connectivity index (χ0v) is 19.2. The first-order valence-corrected chi connectivity index (χ1v) is 12.6. The van der Waals surface area contributed by atoms with Crippen LogP contribution in [0.25, 0.3) is 10.2 Å². The lowest BCUT2D eigenvalue weighted by Gasteiger charge is -2.14. The van der Waals surface area contributed by atoms with E-state index >= 15 is 0 Å². The van der Waals surface area contributed by atoms with Crippen molar-refractivity contribution < 1.29 is 14.3 Å². The molecule has 0 fully saturated rings. The van der Waals surface area contributed by atoms with Gasteiger partial charge in [0, 0.05) is 24.4 Å². The van der Waals surface area contributed by atoms with Gasteiger partial charge in [0.1, 0.15) is 0 Å². The molecule has 5 rings (SSSR count). The highest BCUT2D eigenvalue weighted by Crippen LogP contribution is 2.37. The molecule has 4 aromatic rings. The first-order valence-electron chi connectivity index (χ1n) is 10.3. The van der Waals surface area contributed by atoms with Crippen LogP contribution in [0.15, 0.2) is 77.8 Å². The number of thioether (sulfide) groups is 1. The zero-order valence-electron chi connectivity index (χ0n) is 17.6. The Morgan fingerprint density at radius 2 is 1.66 bits per heavy atom. The largest absolute Gasteiger partial charge is 0.454 e. The molecule has 1 aliphatic rings. The van der Waals surface area contributed by atoms with Crippen molar-refractivity contribution in [3.05, 3.63) is 88.7 Å². The number of aromatic nitrogens is 1. The fraction of sp³-hybridized carbons (Fsp3) is 0.200. The quantitative estimate of drug-likeness (QED) is 0.402. The summed E-state index contributed by atoms with van der Waals surface area (Å²) in [6.07, 6.45) is 2.08. The van der Waals surface area contributed by atoms with Crippen LogP contribution in [0.1, 0.15) is 17.0 Å².